The minimum atomic E-state index is -0.212. The maximum absolute atomic E-state index is 12.3. The summed E-state index contributed by atoms with van der Waals surface area (Å²) in [5.74, 6) is 1.36. The smallest absolute Gasteiger partial charge is 0.227 e. The van der Waals surface area contributed by atoms with Crippen LogP contribution in [-0.2, 0) is 9.53 Å². The van der Waals surface area contributed by atoms with Crippen LogP contribution in [0.1, 0.15) is 33.1 Å². The molecular weight excluding hydrogens is 228 g/mol. The summed E-state index contributed by atoms with van der Waals surface area (Å²) in [5, 5.41) is 6.35. The topological polar surface area (TPSA) is 50.4 Å². The SMILES string of the molecule is CC(C)C1(C(=O)NCCOCC2CC2)CCNC1. The zero-order chi connectivity index (χ0) is 13.0. The van der Waals surface area contributed by atoms with Gasteiger partial charge in [-0.25, -0.2) is 0 Å². The van der Waals surface area contributed by atoms with E-state index >= 15 is 0 Å². The second kappa shape index (κ2) is 6.02. The van der Waals surface area contributed by atoms with Crippen molar-refractivity contribution < 1.29 is 9.53 Å². The molecule has 1 saturated heterocycles. The van der Waals surface area contributed by atoms with Gasteiger partial charge in [0.05, 0.1) is 12.0 Å². The second-order valence-electron chi connectivity index (χ2n) is 6.01. The molecular formula is C14H26N2O2. The van der Waals surface area contributed by atoms with Gasteiger partial charge in [0.15, 0.2) is 0 Å². The molecule has 0 aromatic heterocycles. The summed E-state index contributed by atoms with van der Waals surface area (Å²) in [6.07, 6.45) is 3.57. The lowest BCUT2D eigenvalue weighted by atomic mass is 9.75. The highest BCUT2D eigenvalue weighted by Gasteiger charge is 2.43. The molecule has 1 amide bonds. The summed E-state index contributed by atoms with van der Waals surface area (Å²) in [6.45, 7) is 8.17. The van der Waals surface area contributed by atoms with Crippen molar-refractivity contribution in [3.8, 4) is 0 Å². The number of ether oxygens (including phenoxy) is 1. The van der Waals surface area contributed by atoms with Gasteiger partial charge in [-0.05, 0) is 37.6 Å². The van der Waals surface area contributed by atoms with Gasteiger partial charge in [-0.15, -0.1) is 0 Å². The maximum Gasteiger partial charge on any atom is 0.227 e. The van der Waals surface area contributed by atoms with Crippen LogP contribution >= 0.6 is 0 Å². The van der Waals surface area contributed by atoms with Crippen molar-refractivity contribution in [1.29, 1.82) is 0 Å². The van der Waals surface area contributed by atoms with Crippen LogP contribution in [0, 0.1) is 17.3 Å². The fraction of sp³-hybridized carbons (Fsp3) is 0.929. The van der Waals surface area contributed by atoms with E-state index < -0.39 is 0 Å². The Labute approximate surface area is 110 Å². The molecule has 4 heteroatoms. The van der Waals surface area contributed by atoms with Crippen molar-refractivity contribution in [3.05, 3.63) is 0 Å². The normalized spacial score (nSPS) is 27.7. The third kappa shape index (κ3) is 3.23. The van der Waals surface area contributed by atoms with E-state index in [1.165, 1.54) is 12.8 Å². The number of hydrogen-bond donors (Lipinski definition) is 2. The Morgan fingerprint density at radius 1 is 1.50 bits per heavy atom. The lowest BCUT2D eigenvalue weighted by Gasteiger charge is -2.31. The van der Waals surface area contributed by atoms with Crippen LogP contribution in [0.25, 0.3) is 0 Å². The number of carbonyl (C=O) groups excluding carboxylic acids is 1. The van der Waals surface area contributed by atoms with Gasteiger partial charge in [-0.3, -0.25) is 4.79 Å². The predicted molar refractivity (Wildman–Crippen MR) is 71.3 cm³/mol. The van der Waals surface area contributed by atoms with Crippen LogP contribution in [0.2, 0.25) is 0 Å². The summed E-state index contributed by atoms with van der Waals surface area (Å²) >= 11 is 0. The molecule has 18 heavy (non-hydrogen) atoms. The molecule has 2 N–H and O–H groups in total. The number of carbonyl (C=O) groups is 1. The quantitative estimate of drug-likeness (QED) is 0.670. The average molecular weight is 254 g/mol. The number of amides is 1. The van der Waals surface area contributed by atoms with Crippen LogP contribution in [0.3, 0.4) is 0 Å². The average Bonchev–Trinajstić information content (AvgIpc) is 3.02. The van der Waals surface area contributed by atoms with E-state index in [2.05, 4.69) is 24.5 Å². The van der Waals surface area contributed by atoms with Gasteiger partial charge < -0.3 is 15.4 Å². The first-order chi connectivity index (χ1) is 8.65. The molecule has 1 atom stereocenters. The minimum Gasteiger partial charge on any atom is -0.379 e. The summed E-state index contributed by atoms with van der Waals surface area (Å²) in [6, 6.07) is 0. The Bertz CT molecular complexity index is 282. The van der Waals surface area contributed by atoms with Gasteiger partial charge >= 0.3 is 0 Å². The molecule has 2 rings (SSSR count). The fourth-order valence-corrected chi connectivity index (χ4v) is 2.61. The van der Waals surface area contributed by atoms with Gasteiger partial charge in [0, 0.05) is 19.7 Å². The van der Waals surface area contributed by atoms with E-state index in [1.807, 2.05) is 0 Å². The van der Waals surface area contributed by atoms with E-state index in [-0.39, 0.29) is 11.3 Å². The maximum atomic E-state index is 12.3. The Balaban J connectivity index is 1.68. The molecule has 0 bridgehead atoms. The summed E-state index contributed by atoms with van der Waals surface area (Å²) in [4.78, 5) is 12.3. The summed E-state index contributed by atoms with van der Waals surface area (Å²) in [7, 11) is 0. The fourth-order valence-electron chi connectivity index (χ4n) is 2.61. The zero-order valence-electron chi connectivity index (χ0n) is 11.6. The van der Waals surface area contributed by atoms with Crippen LogP contribution < -0.4 is 10.6 Å². The molecule has 0 radical (unpaired) electrons. The van der Waals surface area contributed by atoms with Gasteiger partial charge in [0.2, 0.25) is 5.91 Å². The van der Waals surface area contributed by atoms with Crippen molar-refractivity contribution in [3.63, 3.8) is 0 Å². The lowest BCUT2D eigenvalue weighted by Crippen LogP contribution is -2.46. The van der Waals surface area contributed by atoms with Crippen LogP contribution in [-0.4, -0.2) is 38.8 Å². The molecule has 1 heterocycles. The molecule has 0 aromatic carbocycles. The first-order valence-corrected chi connectivity index (χ1v) is 7.22. The molecule has 1 saturated carbocycles. The molecule has 2 aliphatic rings. The largest absolute Gasteiger partial charge is 0.379 e. The van der Waals surface area contributed by atoms with Crippen molar-refractivity contribution in [2.75, 3.05) is 32.8 Å². The first kappa shape index (κ1) is 13.8. The molecule has 104 valence electrons. The Kier molecular flexibility index (Phi) is 4.62. The molecule has 0 aromatic rings. The Morgan fingerprint density at radius 3 is 2.83 bits per heavy atom. The van der Waals surface area contributed by atoms with Crippen LogP contribution in [0.4, 0.5) is 0 Å². The summed E-state index contributed by atoms with van der Waals surface area (Å²) < 4.78 is 5.53. The number of hydrogen-bond acceptors (Lipinski definition) is 3. The third-order valence-electron chi connectivity index (χ3n) is 4.33. The van der Waals surface area contributed by atoms with Gasteiger partial charge in [0.1, 0.15) is 0 Å². The van der Waals surface area contributed by atoms with Crippen molar-refractivity contribution in [2.45, 2.75) is 33.1 Å². The van der Waals surface area contributed by atoms with Gasteiger partial charge in [-0.2, -0.15) is 0 Å². The standard InChI is InChI=1S/C14H26N2O2/c1-11(2)14(5-6-15-10-14)13(17)16-7-8-18-9-12-3-4-12/h11-12,15H,3-10H2,1-2H3,(H,16,17). The van der Waals surface area contributed by atoms with Crippen molar-refractivity contribution in [2.24, 2.45) is 17.3 Å². The molecule has 1 unspecified atom stereocenters. The third-order valence-corrected chi connectivity index (χ3v) is 4.33. The molecule has 1 aliphatic heterocycles. The van der Waals surface area contributed by atoms with Crippen LogP contribution in [0.5, 0.6) is 0 Å². The van der Waals surface area contributed by atoms with E-state index in [4.69, 9.17) is 4.74 Å². The van der Waals surface area contributed by atoms with Crippen LogP contribution in [0.15, 0.2) is 0 Å². The highest BCUT2D eigenvalue weighted by atomic mass is 16.5. The van der Waals surface area contributed by atoms with E-state index in [0.717, 1.165) is 32.0 Å². The highest BCUT2D eigenvalue weighted by Crippen LogP contribution is 2.34. The Hall–Kier alpha value is -0.610. The molecule has 1 aliphatic carbocycles. The molecule has 4 nitrogen and oxygen atoms in total. The predicted octanol–water partition coefficient (Wildman–Crippen LogP) is 1.16. The van der Waals surface area contributed by atoms with E-state index in [9.17, 15) is 4.79 Å². The lowest BCUT2D eigenvalue weighted by molar-refractivity contribution is -0.132. The van der Waals surface area contributed by atoms with Gasteiger partial charge in [-0.1, -0.05) is 13.8 Å². The zero-order valence-corrected chi connectivity index (χ0v) is 11.6. The summed E-state index contributed by atoms with van der Waals surface area (Å²) in [5.41, 5.74) is -0.212. The first-order valence-electron chi connectivity index (χ1n) is 7.22. The van der Waals surface area contributed by atoms with E-state index in [1.54, 1.807) is 0 Å². The van der Waals surface area contributed by atoms with E-state index in [0.29, 0.717) is 19.1 Å². The Morgan fingerprint density at radius 2 is 2.28 bits per heavy atom. The molecule has 2 fully saturated rings. The number of rotatable bonds is 7. The van der Waals surface area contributed by atoms with Gasteiger partial charge in [0.25, 0.3) is 0 Å². The minimum absolute atomic E-state index is 0.192. The number of nitrogens with one attached hydrogen (secondary N) is 2. The van der Waals surface area contributed by atoms with Crippen molar-refractivity contribution >= 4 is 5.91 Å². The highest BCUT2D eigenvalue weighted by molar-refractivity contribution is 5.83. The molecule has 0 spiro atoms. The van der Waals surface area contributed by atoms with Crippen molar-refractivity contribution in [1.82, 2.24) is 10.6 Å². The monoisotopic (exact) mass is 254 g/mol. The second-order valence-corrected chi connectivity index (χ2v) is 6.01.